The lowest BCUT2D eigenvalue weighted by Gasteiger charge is -2.08. The molecule has 0 bridgehead atoms. The first-order valence-electron chi connectivity index (χ1n) is 7.69. The van der Waals surface area contributed by atoms with Crippen LogP contribution in [-0.4, -0.2) is 26.8 Å². The third-order valence-corrected chi connectivity index (χ3v) is 4.96. The number of rotatable bonds is 5. The van der Waals surface area contributed by atoms with E-state index in [-0.39, 0.29) is 11.7 Å². The Hall–Kier alpha value is -2.12. The van der Waals surface area contributed by atoms with E-state index >= 15 is 0 Å². The number of halogens is 1. The molecule has 25 heavy (non-hydrogen) atoms. The van der Waals surface area contributed by atoms with Gasteiger partial charge in [0, 0.05) is 15.7 Å². The molecule has 1 amide bonds. The molecule has 128 valence electrons. The van der Waals surface area contributed by atoms with Crippen LogP contribution in [0.5, 0.6) is 0 Å². The molecule has 0 spiro atoms. The van der Waals surface area contributed by atoms with Gasteiger partial charge in [-0.15, -0.1) is 5.10 Å². The summed E-state index contributed by atoms with van der Waals surface area (Å²) in [6.45, 7) is 3.98. The van der Waals surface area contributed by atoms with Crippen LogP contribution in [0.3, 0.4) is 0 Å². The van der Waals surface area contributed by atoms with Gasteiger partial charge in [0.05, 0.1) is 5.75 Å². The molecule has 0 aliphatic rings. The molecule has 3 aromatic rings. The molecule has 0 saturated carbocycles. The first-order valence-corrected chi connectivity index (χ1v) is 9.47. The summed E-state index contributed by atoms with van der Waals surface area (Å²) in [5, 5.41) is 10.5. The zero-order valence-corrected chi connectivity index (χ0v) is 16.2. The summed E-state index contributed by atoms with van der Waals surface area (Å²) in [6, 6.07) is 13.8. The summed E-state index contributed by atoms with van der Waals surface area (Å²) in [7, 11) is 0. The largest absolute Gasteiger partial charge is 0.325 e. The average molecular weight is 417 g/mol. The highest BCUT2D eigenvalue weighted by molar-refractivity contribution is 9.10. The monoisotopic (exact) mass is 416 g/mol. The summed E-state index contributed by atoms with van der Waals surface area (Å²) in [5.41, 5.74) is 3.94. The second kappa shape index (κ2) is 7.84. The van der Waals surface area contributed by atoms with Gasteiger partial charge in [-0.1, -0.05) is 52.0 Å². The Bertz CT molecular complexity index is 892. The van der Waals surface area contributed by atoms with Gasteiger partial charge in [-0.3, -0.25) is 9.89 Å². The van der Waals surface area contributed by atoms with E-state index in [1.807, 2.05) is 56.3 Å². The topological polar surface area (TPSA) is 70.7 Å². The maximum Gasteiger partial charge on any atom is 0.234 e. The van der Waals surface area contributed by atoms with Crippen molar-refractivity contribution in [3.8, 4) is 11.4 Å². The zero-order valence-electron chi connectivity index (χ0n) is 13.8. The number of aromatic amines is 1. The molecule has 2 aromatic carbocycles. The quantitative estimate of drug-likeness (QED) is 0.596. The number of carbonyl (C=O) groups excluding carboxylic acids is 1. The Morgan fingerprint density at radius 1 is 1.20 bits per heavy atom. The van der Waals surface area contributed by atoms with Crippen molar-refractivity contribution < 1.29 is 4.79 Å². The van der Waals surface area contributed by atoms with Crippen LogP contribution < -0.4 is 5.32 Å². The second-order valence-corrected chi connectivity index (χ2v) is 7.49. The molecule has 0 aliphatic carbocycles. The highest BCUT2D eigenvalue weighted by Crippen LogP contribution is 2.22. The SMILES string of the molecule is Cc1ccc(C)c(NC(=O)CSc2n[nH]c(-c3ccc(Br)cc3)n2)c1. The van der Waals surface area contributed by atoms with E-state index in [9.17, 15) is 4.79 Å². The maximum absolute atomic E-state index is 12.2. The molecule has 3 rings (SSSR count). The van der Waals surface area contributed by atoms with Crippen molar-refractivity contribution >= 4 is 39.3 Å². The number of benzene rings is 2. The number of aromatic nitrogens is 3. The number of nitrogens with one attached hydrogen (secondary N) is 2. The van der Waals surface area contributed by atoms with Crippen LogP contribution in [0.1, 0.15) is 11.1 Å². The molecule has 1 aromatic heterocycles. The highest BCUT2D eigenvalue weighted by atomic mass is 79.9. The standard InChI is InChI=1S/C18H17BrN4OS/c1-11-3-4-12(2)15(9-11)20-16(24)10-25-18-21-17(22-23-18)13-5-7-14(19)8-6-13/h3-9H,10H2,1-2H3,(H,20,24)(H,21,22,23). The van der Waals surface area contributed by atoms with E-state index in [1.54, 1.807) is 0 Å². The van der Waals surface area contributed by atoms with E-state index in [4.69, 9.17) is 0 Å². The summed E-state index contributed by atoms with van der Waals surface area (Å²) < 4.78 is 1.01. The van der Waals surface area contributed by atoms with Crippen molar-refractivity contribution in [2.75, 3.05) is 11.1 Å². The lowest BCUT2D eigenvalue weighted by Crippen LogP contribution is -2.15. The number of anilines is 1. The van der Waals surface area contributed by atoms with Gasteiger partial charge in [-0.25, -0.2) is 4.98 Å². The second-order valence-electron chi connectivity index (χ2n) is 5.63. The fourth-order valence-corrected chi connectivity index (χ4v) is 3.10. The van der Waals surface area contributed by atoms with E-state index in [1.165, 1.54) is 11.8 Å². The number of hydrogen-bond acceptors (Lipinski definition) is 4. The summed E-state index contributed by atoms with van der Waals surface area (Å²) in [6.07, 6.45) is 0. The van der Waals surface area contributed by atoms with E-state index < -0.39 is 0 Å². The molecule has 0 unspecified atom stereocenters. The van der Waals surface area contributed by atoms with Crippen LogP contribution in [0.2, 0.25) is 0 Å². The van der Waals surface area contributed by atoms with Gasteiger partial charge < -0.3 is 5.32 Å². The molecule has 2 N–H and O–H groups in total. The fourth-order valence-electron chi connectivity index (χ4n) is 2.23. The Kier molecular flexibility index (Phi) is 5.55. The molecule has 7 heteroatoms. The lowest BCUT2D eigenvalue weighted by molar-refractivity contribution is -0.113. The van der Waals surface area contributed by atoms with E-state index in [0.29, 0.717) is 11.0 Å². The summed E-state index contributed by atoms with van der Waals surface area (Å²) in [4.78, 5) is 16.6. The minimum Gasteiger partial charge on any atom is -0.325 e. The molecular formula is C18H17BrN4OS. The van der Waals surface area contributed by atoms with Crippen molar-refractivity contribution in [1.82, 2.24) is 15.2 Å². The van der Waals surface area contributed by atoms with Gasteiger partial charge >= 0.3 is 0 Å². The van der Waals surface area contributed by atoms with Crippen LogP contribution in [0, 0.1) is 13.8 Å². The van der Waals surface area contributed by atoms with Crippen LogP contribution in [-0.2, 0) is 4.79 Å². The fraction of sp³-hybridized carbons (Fsp3) is 0.167. The highest BCUT2D eigenvalue weighted by Gasteiger charge is 2.10. The Morgan fingerprint density at radius 2 is 1.96 bits per heavy atom. The molecule has 0 aliphatic heterocycles. The maximum atomic E-state index is 12.2. The predicted molar refractivity (Wildman–Crippen MR) is 105 cm³/mol. The van der Waals surface area contributed by atoms with Crippen molar-refractivity contribution in [3.05, 3.63) is 58.1 Å². The van der Waals surface area contributed by atoms with E-state index in [0.717, 1.165) is 26.9 Å². The van der Waals surface area contributed by atoms with Gasteiger partial charge in [0.2, 0.25) is 11.1 Å². The van der Waals surface area contributed by atoms with Gasteiger partial charge in [0.25, 0.3) is 0 Å². The third-order valence-electron chi connectivity index (χ3n) is 3.58. The number of aryl methyl sites for hydroxylation is 2. The number of carbonyl (C=O) groups is 1. The number of H-pyrrole nitrogens is 1. The predicted octanol–water partition coefficient (Wildman–Crippen LogP) is 4.58. The number of thioether (sulfide) groups is 1. The van der Waals surface area contributed by atoms with E-state index in [2.05, 4.69) is 36.4 Å². The van der Waals surface area contributed by atoms with Gasteiger partial charge in [-0.05, 0) is 43.2 Å². The van der Waals surface area contributed by atoms with Crippen molar-refractivity contribution in [1.29, 1.82) is 0 Å². The minimum atomic E-state index is -0.0753. The minimum absolute atomic E-state index is 0.0753. The molecule has 0 fully saturated rings. The molecule has 0 radical (unpaired) electrons. The zero-order chi connectivity index (χ0) is 17.8. The molecule has 0 saturated heterocycles. The van der Waals surface area contributed by atoms with Crippen molar-refractivity contribution in [2.24, 2.45) is 0 Å². The van der Waals surface area contributed by atoms with Gasteiger partial charge in [-0.2, -0.15) is 0 Å². The van der Waals surface area contributed by atoms with Gasteiger partial charge in [0.15, 0.2) is 5.82 Å². The van der Waals surface area contributed by atoms with Crippen LogP contribution in [0.15, 0.2) is 52.1 Å². The first-order chi connectivity index (χ1) is 12.0. The first kappa shape index (κ1) is 17.7. The number of amides is 1. The van der Waals surface area contributed by atoms with Gasteiger partial charge in [0.1, 0.15) is 0 Å². The Balaban J connectivity index is 1.59. The van der Waals surface area contributed by atoms with Crippen molar-refractivity contribution in [3.63, 3.8) is 0 Å². The Labute approximate surface area is 158 Å². The Morgan fingerprint density at radius 3 is 2.72 bits per heavy atom. The van der Waals surface area contributed by atoms with Crippen LogP contribution in [0.4, 0.5) is 5.69 Å². The van der Waals surface area contributed by atoms with Crippen molar-refractivity contribution in [2.45, 2.75) is 19.0 Å². The normalized spacial score (nSPS) is 10.7. The lowest BCUT2D eigenvalue weighted by atomic mass is 10.1. The molecule has 0 atom stereocenters. The summed E-state index contributed by atoms with van der Waals surface area (Å²) in [5.74, 6) is 0.865. The third kappa shape index (κ3) is 4.70. The number of nitrogens with zero attached hydrogens (tertiary/aromatic N) is 2. The molecule has 5 nitrogen and oxygen atoms in total. The van der Waals surface area contributed by atoms with Crippen LogP contribution >= 0.6 is 27.7 Å². The molecule has 1 heterocycles. The average Bonchev–Trinajstić information content (AvgIpc) is 3.06. The summed E-state index contributed by atoms with van der Waals surface area (Å²) >= 11 is 4.71. The number of hydrogen-bond donors (Lipinski definition) is 2. The smallest absolute Gasteiger partial charge is 0.234 e. The molecular weight excluding hydrogens is 400 g/mol. The van der Waals surface area contributed by atoms with Crippen LogP contribution in [0.25, 0.3) is 11.4 Å².